The first kappa shape index (κ1) is 15.0. The lowest BCUT2D eigenvalue weighted by Gasteiger charge is -2.29. The summed E-state index contributed by atoms with van der Waals surface area (Å²) in [4.78, 5) is 0. The standard InChI is InChI=1S/C14H19F3N2O/c1-9(12-4-2-3-7-19-12)20-13-6-5-10(8-11(13)18)14(15,16)17/h5-6,8-9,12,19H,2-4,7,18H2,1H3. The van der Waals surface area contributed by atoms with Gasteiger partial charge < -0.3 is 15.8 Å². The lowest BCUT2D eigenvalue weighted by molar-refractivity contribution is -0.137. The fourth-order valence-electron chi connectivity index (χ4n) is 2.39. The van der Waals surface area contributed by atoms with E-state index in [1.165, 1.54) is 6.07 Å². The van der Waals surface area contributed by atoms with E-state index < -0.39 is 11.7 Å². The molecule has 1 aromatic rings. The zero-order valence-electron chi connectivity index (χ0n) is 11.3. The van der Waals surface area contributed by atoms with Crippen molar-refractivity contribution in [3.05, 3.63) is 23.8 Å². The van der Waals surface area contributed by atoms with E-state index in [1.54, 1.807) is 0 Å². The Bertz CT molecular complexity index is 456. The maximum atomic E-state index is 12.5. The molecule has 2 atom stereocenters. The second kappa shape index (κ2) is 5.91. The summed E-state index contributed by atoms with van der Waals surface area (Å²) >= 11 is 0. The molecule has 6 heteroatoms. The van der Waals surface area contributed by atoms with Gasteiger partial charge in [0.15, 0.2) is 0 Å². The molecule has 0 amide bonds. The topological polar surface area (TPSA) is 47.3 Å². The first-order valence-corrected chi connectivity index (χ1v) is 6.74. The van der Waals surface area contributed by atoms with Gasteiger partial charge in [0.1, 0.15) is 11.9 Å². The third kappa shape index (κ3) is 3.56. The molecular weight excluding hydrogens is 269 g/mol. The summed E-state index contributed by atoms with van der Waals surface area (Å²) in [6, 6.07) is 3.41. The van der Waals surface area contributed by atoms with Crippen molar-refractivity contribution in [3.8, 4) is 5.75 Å². The number of anilines is 1. The molecule has 1 fully saturated rings. The summed E-state index contributed by atoms with van der Waals surface area (Å²) in [6.07, 6.45) is -1.24. The summed E-state index contributed by atoms with van der Waals surface area (Å²) in [5, 5.41) is 3.35. The van der Waals surface area contributed by atoms with Gasteiger partial charge in [0.25, 0.3) is 0 Å². The highest BCUT2D eigenvalue weighted by molar-refractivity contribution is 5.54. The number of hydrogen-bond acceptors (Lipinski definition) is 3. The van der Waals surface area contributed by atoms with Crippen LogP contribution in [0.25, 0.3) is 0 Å². The Kier molecular flexibility index (Phi) is 4.42. The van der Waals surface area contributed by atoms with Crippen LogP contribution in [0.4, 0.5) is 18.9 Å². The molecule has 0 bridgehead atoms. The molecule has 3 N–H and O–H groups in total. The molecule has 1 aromatic carbocycles. The largest absolute Gasteiger partial charge is 0.487 e. The van der Waals surface area contributed by atoms with Crippen LogP contribution in [0.2, 0.25) is 0 Å². The van der Waals surface area contributed by atoms with Crippen molar-refractivity contribution in [2.75, 3.05) is 12.3 Å². The van der Waals surface area contributed by atoms with E-state index in [0.717, 1.165) is 37.9 Å². The van der Waals surface area contributed by atoms with Gasteiger partial charge in [0, 0.05) is 6.04 Å². The quantitative estimate of drug-likeness (QED) is 0.840. The monoisotopic (exact) mass is 288 g/mol. The molecule has 0 aliphatic carbocycles. The summed E-state index contributed by atoms with van der Waals surface area (Å²) in [5.41, 5.74) is 4.91. The van der Waals surface area contributed by atoms with E-state index in [9.17, 15) is 13.2 Å². The zero-order valence-corrected chi connectivity index (χ0v) is 11.3. The number of nitrogen functional groups attached to an aromatic ring is 1. The lowest BCUT2D eigenvalue weighted by atomic mass is 10.0. The molecule has 1 heterocycles. The average Bonchev–Trinajstić information content (AvgIpc) is 2.41. The van der Waals surface area contributed by atoms with Crippen molar-refractivity contribution in [1.29, 1.82) is 0 Å². The van der Waals surface area contributed by atoms with Crippen LogP contribution >= 0.6 is 0 Å². The van der Waals surface area contributed by atoms with Gasteiger partial charge >= 0.3 is 6.18 Å². The van der Waals surface area contributed by atoms with Gasteiger partial charge in [-0.25, -0.2) is 0 Å². The normalized spacial score (nSPS) is 21.5. The third-order valence-electron chi connectivity index (χ3n) is 3.57. The molecule has 20 heavy (non-hydrogen) atoms. The Balaban J connectivity index is 2.05. The Morgan fingerprint density at radius 3 is 2.65 bits per heavy atom. The predicted molar refractivity (Wildman–Crippen MR) is 71.6 cm³/mol. The van der Waals surface area contributed by atoms with Gasteiger partial charge in [-0.2, -0.15) is 13.2 Å². The fraction of sp³-hybridized carbons (Fsp3) is 0.571. The number of ether oxygens (including phenoxy) is 1. The summed E-state index contributed by atoms with van der Waals surface area (Å²) in [7, 11) is 0. The van der Waals surface area contributed by atoms with Gasteiger partial charge in [-0.05, 0) is 44.5 Å². The van der Waals surface area contributed by atoms with E-state index in [1.807, 2.05) is 6.92 Å². The van der Waals surface area contributed by atoms with Crippen LogP contribution in [-0.2, 0) is 6.18 Å². The van der Waals surface area contributed by atoms with Crippen molar-refractivity contribution >= 4 is 5.69 Å². The number of rotatable bonds is 3. The number of alkyl halides is 3. The van der Waals surface area contributed by atoms with Crippen molar-refractivity contribution in [1.82, 2.24) is 5.32 Å². The van der Waals surface area contributed by atoms with Gasteiger partial charge in [0.05, 0.1) is 11.3 Å². The van der Waals surface area contributed by atoms with Gasteiger partial charge in [-0.3, -0.25) is 0 Å². The van der Waals surface area contributed by atoms with Crippen molar-refractivity contribution < 1.29 is 17.9 Å². The molecule has 3 nitrogen and oxygen atoms in total. The Morgan fingerprint density at radius 2 is 2.10 bits per heavy atom. The molecule has 0 spiro atoms. The van der Waals surface area contributed by atoms with Crippen molar-refractivity contribution in [3.63, 3.8) is 0 Å². The van der Waals surface area contributed by atoms with E-state index in [-0.39, 0.29) is 17.8 Å². The van der Waals surface area contributed by atoms with Crippen LogP contribution in [0.15, 0.2) is 18.2 Å². The zero-order chi connectivity index (χ0) is 14.8. The Hall–Kier alpha value is -1.43. The van der Waals surface area contributed by atoms with Crippen molar-refractivity contribution in [2.24, 2.45) is 0 Å². The van der Waals surface area contributed by atoms with Gasteiger partial charge in [-0.15, -0.1) is 0 Å². The smallest absolute Gasteiger partial charge is 0.416 e. The van der Waals surface area contributed by atoms with Crippen LogP contribution < -0.4 is 15.8 Å². The number of halogens is 3. The highest BCUT2D eigenvalue weighted by atomic mass is 19.4. The fourth-order valence-corrected chi connectivity index (χ4v) is 2.39. The second-order valence-electron chi connectivity index (χ2n) is 5.13. The molecule has 1 saturated heterocycles. The van der Waals surface area contributed by atoms with E-state index >= 15 is 0 Å². The van der Waals surface area contributed by atoms with Gasteiger partial charge in [-0.1, -0.05) is 6.42 Å². The Morgan fingerprint density at radius 1 is 1.35 bits per heavy atom. The van der Waals surface area contributed by atoms with E-state index in [2.05, 4.69) is 5.32 Å². The summed E-state index contributed by atoms with van der Waals surface area (Å²) in [6.45, 7) is 2.85. The molecule has 1 aliphatic heterocycles. The number of piperidine rings is 1. The van der Waals surface area contributed by atoms with Crippen LogP contribution in [0.1, 0.15) is 31.7 Å². The first-order valence-electron chi connectivity index (χ1n) is 6.74. The van der Waals surface area contributed by atoms with Crippen LogP contribution in [0.3, 0.4) is 0 Å². The third-order valence-corrected chi connectivity index (χ3v) is 3.57. The highest BCUT2D eigenvalue weighted by Gasteiger charge is 2.31. The molecular formula is C14H19F3N2O. The van der Waals surface area contributed by atoms with Gasteiger partial charge in [0.2, 0.25) is 0 Å². The maximum absolute atomic E-state index is 12.5. The summed E-state index contributed by atoms with van der Waals surface area (Å²) < 4.78 is 43.3. The average molecular weight is 288 g/mol. The second-order valence-corrected chi connectivity index (χ2v) is 5.13. The minimum atomic E-state index is -4.39. The molecule has 1 aliphatic rings. The SMILES string of the molecule is CC(Oc1ccc(C(F)(F)F)cc1N)C1CCCCN1. The molecule has 0 saturated carbocycles. The molecule has 0 aromatic heterocycles. The number of nitrogens with one attached hydrogen (secondary N) is 1. The minimum absolute atomic E-state index is 0.0162. The minimum Gasteiger partial charge on any atom is -0.487 e. The number of hydrogen-bond donors (Lipinski definition) is 2. The molecule has 0 radical (unpaired) electrons. The Labute approximate surface area is 116 Å². The van der Waals surface area contributed by atoms with E-state index in [0.29, 0.717) is 5.75 Å². The molecule has 2 rings (SSSR count). The van der Waals surface area contributed by atoms with Crippen molar-refractivity contribution in [2.45, 2.75) is 44.5 Å². The lowest BCUT2D eigenvalue weighted by Crippen LogP contribution is -2.44. The predicted octanol–water partition coefficient (Wildman–Crippen LogP) is 3.20. The van der Waals surface area contributed by atoms with Crippen LogP contribution in [-0.4, -0.2) is 18.7 Å². The molecule has 112 valence electrons. The highest BCUT2D eigenvalue weighted by Crippen LogP contribution is 2.34. The first-order chi connectivity index (χ1) is 9.38. The molecule has 2 unspecified atom stereocenters. The number of nitrogens with two attached hydrogens (primary N) is 1. The summed E-state index contributed by atoms with van der Waals surface area (Å²) in [5.74, 6) is 0.304. The maximum Gasteiger partial charge on any atom is 0.416 e. The van der Waals surface area contributed by atoms with Crippen LogP contribution in [0, 0.1) is 0 Å². The van der Waals surface area contributed by atoms with Crippen LogP contribution in [0.5, 0.6) is 5.75 Å². The van der Waals surface area contributed by atoms with E-state index in [4.69, 9.17) is 10.5 Å². The number of benzene rings is 1.